The predicted octanol–water partition coefficient (Wildman–Crippen LogP) is 6.32. The number of carbonyl (C=O) groups is 2. The van der Waals surface area contributed by atoms with Crippen LogP contribution in [0.25, 0.3) is 11.1 Å². The van der Waals surface area contributed by atoms with Gasteiger partial charge in [0.2, 0.25) is 11.8 Å². The number of carbonyl (C=O) groups excluding carboxylic acids is 2. The van der Waals surface area contributed by atoms with Crippen LogP contribution in [-0.2, 0) is 9.59 Å². The highest BCUT2D eigenvalue weighted by Crippen LogP contribution is 2.35. The van der Waals surface area contributed by atoms with Crippen LogP contribution in [0.3, 0.4) is 0 Å². The number of nitrogens with one attached hydrogen (secondary N) is 1. The summed E-state index contributed by atoms with van der Waals surface area (Å²) < 4.78 is 6.15. The molecule has 2 atom stereocenters. The average molecular weight is 647 g/mol. The van der Waals surface area contributed by atoms with Gasteiger partial charge in [0.25, 0.3) is 0 Å². The molecule has 2 saturated heterocycles. The maximum Gasteiger partial charge on any atom is 0.231 e. The van der Waals surface area contributed by atoms with Crippen molar-refractivity contribution in [2.75, 3.05) is 39.3 Å². The molecule has 0 bridgehead atoms. The van der Waals surface area contributed by atoms with E-state index in [0.717, 1.165) is 80.1 Å². The Kier molecular flexibility index (Phi) is 11.0. The van der Waals surface area contributed by atoms with Crippen molar-refractivity contribution in [3.05, 3.63) is 108 Å². The van der Waals surface area contributed by atoms with Gasteiger partial charge in [0.05, 0.1) is 25.1 Å². The summed E-state index contributed by atoms with van der Waals surface area (Å²) in [4.78, 5) is 34.0. The summed E-state index contributed by atoms with van der Waals surface area (Å²) in [6, 6.07) is 26.3. The molecule has 6 rings (SSSR count). The van der Waals surface area contributed by atoms with Crippen molar-refractivity contribution < 1.29 is 19.4 Å². The number of phenols is 1. The van der Waals surface area contributed by atoms with Crippen LogP contribution in [0.5, 0.6) is 11.5 Å². The zero-order valence-electron chi connectivity index (χ0n) is 27.8. The minimum absolute atomic E-state index is 0.0187. The Bertz CT molecular complexity index is 1650. The molecular formula is C40H46N4O4. The van der Waals surface area contributed by atoms with E-state index in [2.05, 4.69) is 75.6 Å². The average Bonchev–Trinajstić information content (AvgIpc) is 3.65. The number of benzene rings is 3. The first-order valence-electron chi connectivity index (χ1n) is 17.3. The third kappa shape index (κ3) is 8.05. The molecule has 0 radical (unpaired) electrons. The SMILES string of the molecule is CC/C(=C(\c1ccc(O)cc1)c1ccc(OCCCCCN2CCN(C3=NCC=C3)C(C3CCC(=O)NC3=O)C2)cc1)c1ccccc1. The molecule has 8 heteroatoms. The molecule has 3 aromatic rings. The lowest BCUT2D eigenvalue weighted by Gasteiger charge is -2.45. The van der Waals surface area contributed by atoms with Gasteiger partial charge in [0.1, 0.15) is 17.3 Å². The van der Waals surface area contributed by atoms with Crippen LogP contribution in [0.15, 0.2) is 96.0 Å². The molecule has 250 valence electrons. The number of hydrogen-bond acceptors (Lipinski definition) is 7. The van der Waals surface area contributed by atoms with E-state index in [1.54, 1.807) is 12.1 Å². The Morgan fingerprint density at radius 3 is 2.35 bits per heavy atom. The van der Waals surface area contributed by atoms with Gasteiger partial charge in [-0.1, -0.05) is 67.6 Å². The van der Waals surface area contributed by atoms with E-state index >= 15 is 0 Å². The first-order chi connectivity index (χ1) is 23.5. The Balaban J connectivity index is 1.01. The molecule has 0 spiro atoms. The molecule has 2 fully saturated rings. The van der Waals surface area contributed by atoms with Crippen LogP contribution in [0.1, 0.15) is 62.1 Å². The monoisotopic (exact) mass is 646 g/mol. The van der Waals surface area contributed by atoms with E-state index in [1.165, 1.54) is 11.1 Å². The second kappa shape index (κ2) is 15.9. The molecule has 2 amide bonds. The fraction of sp³-hybridized carbons (Fsp3) is 0.375. The highest BCUT2D eigenvalue weighted by atomic mass is 16.5. The lowest BCUT2D eigenvalue weighted by atomic mass is 9.87. The molecule has 0 saturated carbocycles. The lowest BCUT2D eigenvalue weighted by Crippen LogP contribution is -2.61. The van der Waals surface area contributed by atoms with Gasteiger partial charge in [-0.3, -0.25) is 24.8 Å². The van der Waals surface area contributed by atoms with Crippen molar-refractivity contribution in [3.63, 3.8) is 0 Å². The Morgan fingerprint density at radius 2 is 1.67 bits per heavy atom. The number of rotatable bonds is 12. The minimum Gasteiger partial charge on any atom is -0.508 e. The number of piperidine rings is 1. The number of unbranched alkanes of at least 4 members (excludes halogenated alkanes) is 2. The van der Waals surface area contributed by atoms with Crippen LogP contribution < -0.4 is 10.1 Å². The molecule has 8 nitrogen and oxygen atoms in total. The van der Waals surface area contributed by atoms with Gasteiger partial charge in [-0.2, -0.15) is 0 Å². The number of imide groups is 1. The second-order valence-electron chi connectivity index (χ2n) is 12.8. The summed E-state index contributed by atoms with van der Waals surface area (Å²) in [5, 5.41) is 12.5. The maximum atomic E-state index is 12.8. The van der Waals surface area contributed by atoms with Gasteiger partial charge < -0.3 is 14.7 Å². The van der Waals surface area contributed by atoms with Crippen LogP contribution in [-0.4, -0.2) is 77.9 Å². The number of piperazine rings is 1. The van der Waals surface area contributed by atoms with Crippen molar-refractivity contribution in [3.8, 4) is 11.5 Å². The zero-order chi connectivity index (χ0) is 33.3. The molecule has 2 unspecified atom stereocenters. The quantitative estimate of drug-likeness (QED) is 0.136. The van der Waals surface area contributed by atoms with Gasteiger partial charge in [0.15, 0.2) is 0 Å². The number of ether oxygens (including phenoxy) is 1. The molecule has 48 heavy (non-hydrogen) atoms. The molecule has 2 N–H and O–H groups in total. The molecule has 3 aromatic carbocycles. The second-order valence-corrected chi connectivity index (χ2v) is 12.8. The minimum atomic E-state index is -0.207. The third-order valence-electron chi connectivity index (χ3n) is 9.63. The third-order valence-corrected chi connectivity index (χ3v) is 9.63. The highest BCUT2D eigenvalue weighted by Gasteiger charge is 2.40. The van der Waals surface area contributed by atoms with Crippen molar-refractivity contribution in [2.45, 2.75) is 51.5 Å². The summed E-state index contributed by atoms with van der Waals surface area (Å²) in [6.07, 6.45) is 9.06. The van der Waals surface area contributed by atoms with E-state index in [9.17, 15) is 14.7 Å². The van der Waals surface area contributed by atoms with Gasteiger partial charge in [-0.25, -0.2) is 0 Å². The van der Waals surface area contributed by atoms with E-state index in [4.69, 9.17) is 4.74 Å². The number of hydrogen-bond donors (Lipinski definition) is 2. The van der Waals surface area contributed by atoms with Crippen LogP contribution in [0.4, 0.5) is 0 Å². The summed E-state index contributed by atoms with van der Waals surface area (Å²) in [5.74, 6) is 1.55. The lowest BCUT2D eigenvalue weighted by molar-refractivity contribution is -0.138. The van der Waals surface area contributed by atoms with Gasteiger partial charge in [-0.05, 0) is 96.8 Å². The number of aliphatic imine (C=N–C) groups is 1. The molecular weight excluding hydrogens is 600 g/mol. The van der Waals surface area contributed by atoms with Crippen LogP contribution >= 0.6 is 0 Å². The van der Waals surface area contributed by atoms with Crippen molar-refractivity contribution in [1.29, 1.82) is 0 Å². The highest BCUT2D eigenvalue weighted by molar-refractivity contribution is 6.00. The first kappa shape index (κ1) is 33.2. The van der Waals surface area contributed by atoms with E-state index in [-0.39, 0.29) is 29.5 Å². The summed E-state index contributed by atoms with van der Waals surface area (Å²) in [6.45, 7) is 7.07. The zero-order valence-corrected chi connectivity index (χ0v) is 27.8. The molecule has 3 aliphatic heterocycles. The fourth-order valence-electron chi connectivity index (χ4n) is 7.15. The Hall–Kier alpha value is -4.69. The topological polar surface area (TPSA) is 94.5 Å². The predicted molar refractivity (Wildman–Crippen MR) is 191 cm³/mol. The van der Waals surface area contributed by atoms with Crippen LogP contribution in [0.2, 0.25) is 0 Å². The molecule has 3 aliphatic rings. The standard InChI is InChI=1S/C40H46N4O4/c1-2-34(29-10-5-3-6-11-29)39(30-13-17-32(45)18-14-30)31-15-19-33(20-16-31)48-27-8-4-7-24-43-25-26-44(37-12-9-23-41-37)36(28-43)35-21-22-38(46)42-40(35)47/h3,5-6,9-20,35-36,45H,2,4,7-8,21-28H2,1H3,(H,42,46,47)/b39-34-. The Morgan fingerprint density at radius 1 is 0.917 bits per heavy atom. The molecule has 3 heterocycles. The molecule has 0 aromatic heterocycles. The summed E-state index contributed by atoms with van der Waals surface area (Å²) in [7, 11) is 0. The van der Waals surface area contributed by atoms with Gasteiger partial charge >= 0.3 is 0 Å². The largest absolute Gasteiger partial charge is 0.508 e. The normalized spacial score (nSPS) is 20.4. The van der Waals surface area contributed by atoms with Gasteiger partial charge in [-0.15, -0.1) is 0 Å². The van der Waals surface area contributed by atoms with Gasteiger partial charge in [0, 0.05) is 26.1 Å². The smallest absolute Gasteiger partial charge is 0.231 e. The summed E-state index contributed by atoms with van der Waals surface area (Å²) in [5.41, 5.74) is 5.78. The van der Waals surface area contributed by atoms with Crippen molar-refractivity contribution in [1.82, 2.24) is 15.1 Å². The van der Waals surface area contributed by atoms with E-state index < -0.39 is 0 Å². The number of amides is 2. The number of nitrogens with zero attached hydrogens (tertiary/aromatic N) is 3. The Labute approximate surface area is 283 Å². The number of allylic oxidation sites excluding steroid dienone is 1. The number of aromatic hydroxyl groups is 1. The number of amidine groups is 1. The van der Waals surface area contributed by atoms with E-state index in [0.29, 0.717) is 26.0 Å². The van der Waals surface area contributed by atoms with Crippen LogP contribution in [0, 0.1) is 5.92 Å². The summed E-state index contributed by atoms with van der Waals surface area (Å²) >= 11 is 0. The maximum absolute atomic E-state index is 12.8. The first-order valence-corrected chi connectivity index (χ1v) is 17.3. The number of phenolic OH excluding ortho intramolecular Hbond substituents is 1. The fourth-order valence-corrected chi connectivity index (χ4v) is 7.15. The van der Waals surface area contributed by atoms with Crippen molar-refractivity contribution >= 4 is 28.8 Å². The van der Waals surface area contributed by atoms with Crippen molar-refractivity contribution in [2.24, 2.45) is 10.9 Å². The van der Waals surface area contributed by atoms with E-state index in [1.807, 2.05) is 30.3 Å². The molecule has 0 aliphatic carbocycles.